The summed E-state index contributed by atoms with van der Waals surface area (Å²) in [6.45, 7) is 0. The molecule has 122 valence electrons. The van der Waals surface area contributed by atoms with Crippen LogP contribution in [-0.4, -0.2) is 22.6 Å². The number of imide groups is 1. The standard InChI is InChI=1S/C13H8ClF3N2O3S/c14-8-4-7(13(15,16)17)5-18-12(8)23-6-10(20)19-11(21)9-2-1-3-22-9/h1-5H,6H2,(H,19,20,21). The molecule has 0 fully saturated rings. The third kappa shape index (κ3) is 4.73. The Bertz CT molecular complexity index is 720. The zero-order valence-corrected chi connectivity index (χ0v) is 12.8. The highest BCUT2D eigenvalue weighted by molar-refractivity contribution is 8.00. The van der Waals surface area contributed by atoms with Gasteiger partial charge in [-0.25, -0.2) is 4.98 Å². The number of carbonyl (C=O) groups excluding carboxylic acids is 2. The highest BCUT2D eigenvalue weighted by Crippen LogP contribution is 2.33. The van der Waals surface area contributed by atoms with Crippen molar-refractivity contribution >= 4 is 35.2 Å². The molecule has 2 rings (SSSR count). The predicted molar refractivity (Wildman–Crippen MR) is 76.2 cm³/mol. The van der Waals surface area contributed by atoms with Gasteiger partial charge in [-0.1, -0.05) is 23.4 Å². The third-order valence-electron chi connectivity index (χ3n) is 2.47. The van der Waals surface area contributed by atoms with E-state index in [0.717, 1.165) is 17.8 Å². The van der Waals surface area contributed by atoms with Crippen LogP contribution in [0, 0.1) is 0 Å². The average Bonchev–Trinajstić information content (AvgIpc) is 2.99. The molecule has 0 aliphatic carbocycles. The van der Waals surface area contributed by atoms with Crippen molar-refractivity contribution in [3.63, 3.8) is 0 Å². The summed E-state index contributed by atoms with van der Waals surface area (Å²) in [5, 5.41) is 1.89. The van der Waals surface area contributed by atoms with E-state index in [0.29, 0.717) is 6.20 Å². The summed E-state index contributed by atoms with van der Waals surface area (Å²) in [7, 11) is 0. The van der Waals surface area contributed by atoms with Crippen LogP contribution < -0.4 is 5.32 Å². The van der Waals surface area contributed by atoms with Crippen LogP contribution in [0.5, 0.6) is 0 Å². The summed E-state index contributed by atoms with van der Waals surface area (Å²) in [6.07, 6.45) is -2.65. The van der Waals surface area contributed by atoms with Crippen molar-refractivity contribution < 1.29 is 27.2 Å². The summed E-state index contributed by atoms with van der Waals surface area (Å²) in [6, 6.07) is 3.59. The largest absolute Gasteiger partial charge is 0.459 e. The number of halogens is 4. The zero-order valence-electron chi connectivity index (χ0n) is 11.2. The number of aromatic nitrogens is 1. The Kier molecular flexibility index (Phi) is 5.32. The van der Waals surface area contributed by atoms with Gasteiger partial charge in [0, 0.05) is 6.20 Å². The molecule has 2 aromatic rings. The molecule has 0 aliphatic rings. The number of rotatable bonds is 4. The van der Waals surface area contributed by atoms with E-state index in [1.54, 1.807) is 0 Å². The maximum absolute atomic E-state index is 12.5. The van der Waals surface area contributed by atoms with Crippen molar-refractivity contribution in [1.82, 2.24) is 10.3 Å². The number of pyridine rings is 1. The molecule has 1 N–H and O–H groups in total. The van der Waals surface area contributed by atoms with Gasteiger partial charge in [-0.05, 0) is 18.2 Å². The van der Waals surface area contributed by atoms with Gasteiger partial charge in [0.25, 0.3) is 5.91 Å². The molecule has 0 atom stereocenters. The minimum atomic E-state index is -4.55. The summed E-state index contributed by atoms with van der Waals surface area (Å²) < 4.78 is 42.2. The van der Waals surface area contributed by atoms with Crippen LogP contribution in [-0.2, 0) is 11.0 Å². The molecule has 2 aromatic heterocycles. The minimum Gasteiger partial charge on any atom is -0.459 e. The van der Waals surface area contributed by atoms with Gasteiger partial charge < -0.3 is 4.42 Å². The van der Waals surface area contributed by atoms with Crippen molar-refractivity contribution in [2.75, 3.05) is 5.75 Å². The molecule has 0 aliphatic heterocycles. The fraction of sp³-hybridized carbons (Fsp3) is 0.154. The number of nitrogens with one attached hydrogen (secondary N) is 1. The monoisotopic (exact) mass is 364 g/mol. The smallest absolute Gasteiger partial charge is 0.417 e. The molecule has 0 spiro atoms. The number of hydrogen-bond acceptors (Lipinski definition) is 5. The highest BCUT2D eigenvalue weighted by Gasteiger charge is 2.31. The van der Waals surface area contributed by atoms with E-state index in [9.17, 15) is 22.8 Å². The van der Waals surface area contributed by atoms with Crippen LogP contribution in [0.3, 0.4) is 0 Å². The van der Waals surface area contributed by atoms with Crippen molar-refractivity contribution in [3.05, 3.63) is 47.0 Å². The molecular weight excluding hydrogens is 357 g/mol. The van der Waals surface area contributed by atoms with E-state index in [4.69, 9.17) is 16.0 Å². The van der Waals surface area contributed by atoms with Gasteiger partial charge in [0.1, 0.15) is 5.03 Å². The molecule has 2 heterocycles. The summed E-state index contributed by atoms with van der Waals surface area (Å²) in [5.74, 6) is -1.65. The van der Waals surface area contributed by atoms with E-state index < -0.39 is 23.6 Å². The molecule has 0 unspecified atom stereocenters. The molecule has 2 amide bonds. The second kappa shape index (κ2) is 7.05. The lowest BCUT2D eigenvalue weighted by Gasteiger charge is -2.08. The first-order valence-electron chi connectivity index (χ1n) is 6.00. The van der Waals surface area contributed by atoms with Gasteiger partial charge in [-0.2, -0.15) is 13.2 Å². The van der Waals surface area contributed by atoms with Gasteiger partial charge in [0.15, 0.2) is 5.76 Å². The van der Waals surface area contributed by atoms with Gasteiger partial charge in [-0.3, -0.25) is 14.9 Å². The number of alkyl halides is 3. The average molecular weight is 365 g/mol. The maximum Gasteiger partial charge on any atom is 0.417 e. The van der Waals surface area contributed by atoms with Crippen LogP contribution >= 0.6 is 23.4 Å². The first-order valence-corrected chi connectivity index (χ1v) is 7.37. The SMILES string of the molecule is O=C(CSc1ncc(C(F)(F)F)cc1Cl)NC(=O)c1ccco1. The van der Waals surface area contributed by atoms with Crippen LogP contribution in [0.25, 0.3) is 0 Å². The van der Waals surface area contributed by atoms with E-state index >= 15 is 0 Å². The highest BCUT2D eigenvalue weighted by atomic mass is 35.5. The van der Waals surface area contributed by atoms with Crippen molar-refractivity contribution in [1.29, 1.82) is 0 Å². The normalized spacial score (nSPS) is 11.3. The summed E-state index contributed by atoms with van der Waals surface area (Å²) in [4.78, 5) is 26.7. The quantitative estimate of drug-likeness (QED) is 0.842. The molecule has 0 aromatic carbocycles. The van der Waals surface area contributed by atoms with Crippen molar-refractivity contribution in [2.45, 2.75) is 11.2 Å². The second-order valence-electron chi connectivity index (χ2n) is 4.15. The van der Waals surface area contributed by atoms with E-state index in [2.05, 4.69) is 10.3 Å². The first-order chi connectivity index (χ1) is 10.8. The molecule has 0 saturated carbocycles. The number of hydrogen-bond donors (Lipinski definition) is 1. The van der Waals surface area contributed by atoms with Crippen LogP contribution in [0.15, 0.2) is 40.1 Å². The molecule has 23 heavy (non-hydrogen) atoms. The molecule has 0 radical (unpaired) electrons. The van der Waals surface area contributed by atoms with Gasteiger partial charge in [-0.15, -0.1) is 0 Å². The lowest BCUT2D eigenvalue weighted by Crippen LogP contribution is -2.31. The first kappa shape index (κ1) is 17.4. The molecule has 0 saturated heterocycles. The van der Waals surface area contributed by atoms with Gasteiger partial charge >= 0.3 is 6.18 Å². The van der Waals surface area contributed by atoms with Crippen LogP contribution in [0.2, 0.25) is 5.02 Å². The molecule has 5 nitrogen and oxygen atoms in total. The summed E-state index contributed by atoms with van der Waals surface area (Å²) >= 11 is 6.52. The zero-order chi connectivity index (χ0) is 17.0. The molecule has 10 heteroatoms. The Morgan fingerprint density at radius 1 is 1.39 bits per heavy atom. The number of carbonyl (C=O) groups is 2. The third-order valence-corrected chi connectivity index (χ3v) is 3.88. The van der Waals surface area contributed by atoms with Gasteiger partial charge in [0.2, 0.25) is 5.91 Å². The fourth-order valence-corrected chi connectivity index (χ4v) is 2.45. The maximum atomic E-state index is 12.5. The number of nitrogens with zero attached hydrogens (tertiary/aromatic N) is 1. The fourth-order valence-electron chi connectivity index (χ4n) is 1.45. The van der Waals surface area contributed by atoms with E-state index in [1.807, 2.05) is 0 Å². The predicted octanol–water partition coefficient (Wildman–Crippen LogP) is 3.40. The van der Waals surface area contributed by atoms with Gasteiger partial charge in [0.05, 0.1) is 22.6 Å². The van der Waals surface area contributed by atoms with Crippen LogP contribution in [0.4, 0.5) is 13.2 Å². The lowest BCUT2D eigenvalue weighted by molar-refractivity contribution is -0.137. The number of furan rings is 1. The van der Waals surface area contributed by atoms with E-state index in [1.165, 1.54) is 18.4 Å². The minimum absolute atomic E-state index is 0.0333. The number of amides is 2. The Labute approximate surface area is 137 Å². The van der Waals surface area contributed by atoms with Crippen molar-refractivity contribution in [3.8, 4) is 0 Å². The summed E-state index contributed by atoms with van der Waals surface area (Å²) in [5.41, 5.74) is -0.982. The Morgan fingerprint density at radius 3 is 2.70 bits per heavy atom. The molecule has 0 bridgehead atoms. The second-order valence-corrected chi connectivity index (χ2v) is 5.52. The Hall–Kier alpha value is -2.00. The number of thioether (sulfide) groups is 1. The topological polar surface area (TPSA) is 72.2 Å². The van der Waals surface area contributed by atoms with E-state index in [-0.39, 0.29) is 21.6 Å². The molecular formula is C13H8ClF3N2O3S. The van der Waals surface area contributed by atoms with Crippen molar-refractivity contribution in [2.24, 2.45) is 0 Å². The van der Waals surface area contributed by atoms with Crippen LogP contribution in [0.1, 0.15) is 16.1 Å². The lowest BCUT2D eigenvalue weighted by atomic mass is 10.3. The Balaban J connectivity index is 1.93. The Morgan fingerprint density at radius 2 is 2.13 bits per heavy atom.